The fraction of sp³-hybridized carbons (Fsp3) is 0.250. The molecule has 3 heterocycles. The summed E-state index contributed by atoms with van der Waals surface area (Å²) in [7, 11) is 0. The predicted octanol–water partition coefficient (Wildman–Crippen LogP) is 3.08. The number of nitrogens with zero attached hydrogens (tertiary/aromatic N) is 3. The van der Waals surface area contributed by atoms with Crippen molar-refractivity contribution in [2.45, 2.75) is 13.0 Å². The van der Waals surface area contributed by atoms with Gasteiger partial charge in [-0.2, -0.15) is 0 Å². The molecule has 3 aromatic rings. The number of ether oxygens (including phenoxy) is 1. The minimum absolute atomic E-state index is 0.0654. The molecule has 1 aliphatic heterocycles. The SMILES string of the molecule is C[C@@H](c1ccccc1)N1C(=O)/C(=C/c2c(NCCOCCO)nc3ccccn3c2=O)SC1=S. The van der Waals surface area contributed by atoms with Gasteiger partial charge in [0.1, 0.15) is 15.8 Å². The minimum Gasteiger partial charge on any atom is -0.394 e. The van der Waals surface area contributed by atoms with Crippen LogP contribution in [-0.2, 0) is 9.53 Å². The summed E-state index contributed by atoms with van der Waals surface area (Å²) in [6.45, 7) is 2.79. The first-order chi connectivity index (χ1) is 16.5. The van der Waals surface area contributed by atoms with E-state index in [-0.39, 0.29) is 36.3 Å². The van der Waals surface area contributed by atoms with Crippen LogP contribution in [0.3, 0.4) is 0 Å². The molecule has 176 valence electrons. The Kier molecular flexibility index (Phi) is 7.73. The molecular formula is C24H24N4O4S2. The number of pyridine rings is 1. The number of amides is 1. The quantitative estimate of drug-likeness (QED) is 0.265. The molecule has 1 atom stereocenters. The van der Waals surface area contributed by atoms with Gasteiger partial charge < -0.3 is 15.2 Å². The van der Waals surface area contributed by atoms with Crippen molar-refractivity contribution in [2.24, 2.45) is 0 Å². The molecule has 2 aromatic heterocycles. The van der Waals surface area contributed by atoms with Crippen LogP contribution in [-0.4, -0.2) is 56.0 Å². The van der Waals surface area contributed by atoms with E-state index in [0.717, 1.165) is 5.56 Å². The highest BCUT2D eigenvalue weighted by molar-refractivity contribution is 8.26. The Bertz CT molecular complexity index is 1290. The number of aliphatic hydroxyl groups excluding tert-OH is 1. The highest BCUT2D eigenvalue weighted by atomic mass is 32.2. The highest BCUT2D eigenvalue weighted by Crippen LogP contribution is 2.38. The number of benzene rings is 1. The Balaban J connectivity index is 1.68. The van der Waals surface area contributed by atoms with E-state index in [2.05, 4.69) is 10.3 Å². The van der Waals surface area contributed by atoms with Crippen LogP contribution in [0.25, 0.3) is 11.7 Å². The van der Waals surface area contributed by atoms with Crippen molar-refractivity contribution in [1.82, 2.24) is 14.3 Å². The summed E-state index contributed by atoms with van der Waals surface area (Å²) in [6, 6.07) is 14.7. The van der Waals surface area contributed by atoms with E-state index in [1.54, 1.807) is 35.4 Å². The van der Waals surface area contributed by atoms with E-state index < -0.39 is 0 Å². The van der Waals surface area contributed by atoms with Gasteiger partial charge in [-0.15, -0.1) is 0 Å². The molecule has 34 heavy (non-hydrogen) atoms. The van der Waals surface area contributed by atoms with Crippen LogP contribution in [0, 0.1) is 0 Å². The molecule has 0 radical (unpaired) electrons. The molecule has 0 aliphatic carbocycles. The van der Waals surface area contributed by atoms with Gasteiger partial charge in [-0.3, -0.25) is 18.9 Å². The van der Waals surface area contributed by atoms with Crippen molar-refractivity contribution in [3.8, 4) is 0 Å². The number of aromatic nitrogens is 2. The van der Waals surface area contributed by atoms with Crippen LogP contribution in [0.5, 0.6) is 0 Å². The van der Waals surface area contributed by atoms with Gasteiger partial charge in [0.25, 0.3) is 11.5 Å². The van der Waals surface area contributed by atoms with Crippen molar-refractivity contribution < 1.29 is 14.6 Å². The third kappa shape index (κ3) is 5.05. The summed E-state index contributed by atoms with van der Waals surface area (Å²) in [4.78, 5) is 33.1. The van der Waals surface area contributed by atoms with Gasteiger partial charge >= 0.3 is 0 Å². The topological polar surface area (TPSA) is 96.2 Å². The van der Waals surface area contributed by atoms with Crippen molar-refractivity contribution in [3.63, 3.8) is 0 Å². The Labute approximate surface area is 206 Å². The molecule has 8 nitrogen and oxygen atoms in total. The van der Waals surface area contributed by atoms with Crippen LogP contribution in [0.15, 0.2) is 64.4 Å². The number of rotatable bonds is 9. The Morgan fingerprint density at radius 2 is 1.94 bits per heavy atom. The second-order valence-electron chi connectivity index (χ2n) is 7.51. The second-order valence-corrected chi connectivity index (χ2v) is 9.18. The van der Waals surface area contributed by atoms with Gasteiger partial charge in [-0.1, -0.05) is 60.4 Å². The lowest BCUT2D eigenvalue weighted by Gasteiger charge is -2.23. The second kappa shape index (κ2) is 10.9. The number of fused-ring (bicyclic) bond motifs is 1. The fourth-order valence-electron chi connectivity index (χ4n) is 3.60. The van der Waals surface area contributed by atoms with Gasteiger partial charge in [0.05, 0.1) is 36.3 Å². The Morgan fingerprint density at radius 3 is 2.71 bits per heavy atom. The number of hydrogen-bond acceptors (Lipinski definition) is 8. The average molecular weight is 497 g/mol. The number of thioether (sulfide) groups is 1. The van der Waals surface area contributed by atoms with Gasteiger partial charge in [-0.05, 0) is 30.7 Å². The minimum atomic E-state index is -0.300. The predicted molar refractivity (Wildman–Crippen MR) is 138 cm³/mol. The maximum atomic E-state index is 13.3. The molecule has 0 bridgehead atoms. The molecular weight excluding hydrogens is 472 g/mol. The van der Waals surface area contributed by atoms with Crippen molar-refractivity contribution in [1.29, 1.82) is 0 Å². The van der Waals surface area contributed by atoms with E-state index in [0.29, 0.717) is 33.8 Å². The number of thiocarbonyl (C=S) groups is 1. The van der Waals surface area contributed by atoms with Crippen LogP contribution in [0.1, 0.15) is 24.1 Å². The van der Waals surface area contributed by atoms with E-state index in [1.807, 2.05) is 37.3 Å². The molecule has 2 N–H and O–H groups in total. The zero-order valence-electron chi connectivity index (χ0n) is 18.5. The molecule has 10 heteroatoms. The number of carbonyl (C=O) groups excluding carboxylic acids is 1. The standard InChI is InChI=1S/C24H24N4O4S2/c1-16(17-7-3-2-4-8-17)28-23(31)19(34-24(28)33)15-18-21(25-10-13-32-14-12-29)26-20-9-5-6-11-27(20)22(18)30/h2-9,11,15-16,25,29H,10,12-14H2,1H3/b19-15-/t16-/m0/s1. The van der Waals surface area contributed by atoms with Crippen molar-refractivity contribution in [3.05, 3.63) is 81.1 Å². The van der Waals surface area contributed by atoms with Gasteiger partial charge in [0.15, 0.2) is 0 Å². The van der Waals surface area contributed by atoms with Gasteiger partial charge in [0, 0.05) is 12.7 Å². The van der Waals surface area contributed by atoms with Gasteiger partial charge in [0.2, 0.25) is 0 Å². The summed E-state index contributed by atoms with van der Waals surface area (Å²) in [5.41, 5.74) is 1.41. The summed E-state index contributed by atoms with van der Waals surface area (Å²) >= 11 is 6.69. The van der Waals surface area contributed by atoms with E-state index in [9.17, 15) is 9.59 Å². The zero-order chi connectivity index (χ0) is 24.1. The maximum absolute atomic E-state index is 13.3. The van der Waals surface area contributed by atoms with E-state index >= 15 is 0 Å². The summed E-state index contributed by atoms with van der Waals surface area (Å²) in [5, 5.41) is 12.0. The first-order valence-corrected chi connectivity index (χ1v) is 12.0. The summed E-state index contributed by atoms with van der Waals surface area (Å²) in [6.07, 6.45) is 3.20. The number of aliphatic hydroxyl groups is 1. The van der Waals surface area contributed by atoms with Crippen molar-refractivity contribution in [2.75, 3.05) is 31.7 Å². The number of anilines is 1. The lowest BCUT2D eigenvalue weighted by atomic mass is 10.1. The van der Waals surface area contributed by atoms with Crippen LogP contribution < -0.4 is 10.9 Å². The third-order valence-corrected chi connectivity index (χ3v) is 6.64. The van der Waals surface area contributed by atoms with Crippen molar-refractivity contribution >= 4 is 51.7 Å². The fourth-order valence-corrected chi connectivity index (χ4v) is 5.00. The van der Waals surface area contributed by atoms with E-state index in [4.69, 9.17) is 22.1 Å². The maximum Gasteiger partial charge on any atom is 0.267 e. The highest BCUT2D eigenvalue weighted by Gasteiger charge is 2.36. The normalized spacial score (nSPS) is 15.9. The average Bonchev–Trinajstić information content (AvgIpc) is 3.13. The summed E-state index contributed by atoms with van der Waals surface area (Å²) in [5.74, 6) is 0.103. The Morgan fingerprint density at radius 1 is 1.18 bits per heavy atom. The molecule has 1 aliphatic rings. The molecule has 1 saturated heterocycles. The van der Waals surface area contributed by atoms with Crippen LogP contribution >= 0.6 is 24.0 Å². The smallest absolute Gasteiger partial charge is 0.267 e. The number of carbonyl (C=O) groups is 1. The lowest BCUT2D eigenvalue weighted by Crippen LogP contribution is -2.31. The molecule has 4 rings (SSSR count). The molecule has 0 saturated carbocycles. The first-order valence-electron chi connectivity index (χ1n) is 10.8. The number of nitrogens with one attached hydrogen (secondary N) is 1. The zero-order valence-corrected chi connectivity index (χ0v) is 20.1. The molecule has 1 amide bonds. The first kappa shape index (κ1) is 24.1. The third-order valence-electron chi connectivity index (χ3n) is 5.31. The molecule has 0 unspecified atom stereocenters. The van der Waals surface area contributed by atoms with E-state index in [1.165, 1.54) is 16.2 Å². The monoisotopic (exact) mass is 496 g/mol. The largest absolute Gasteiger partial charge is 0.394 e. The Hall–Kier alpha value is -3.05. The summed E-state index contributed by atoms with van der Waals surface area (Å²) < 4.78 is 7.16. The van der Waals surface area contributed by atoms with Crippen LogP contribution in [0.4, 0.5) is 5.82 Å². The van der Waals surface area contributed by atoms with Gasteiger partial charge in [-0.25, -0.2) is 4.98 Å². The molecule has 1 aromatic carbocycles. The van der Waals surface area contributed by atoms with Crippen LogP contribution in [0.2, 0.25) is 0 Å². The number of hydrogen-bond donors (Lipinski definition) is 2. The molecule has 0 spiro atoms. The molecule has 1 fully saturated rings. The lowest BCUT2D eigenvalue weighted by molar-refractivity contribution is -0.123.